The molecule has 2 aromatic rings. The van der Waals surface area contributed by atoms with Crippen LogP contribution in [0.25, 0.3) is 0 Å². The summed E-state index contributed by atoms with van der Waals surface area (Å²) in [4.78, 5) is 14.6. The van der Waals surface area contributed by atoms with Crippen LogP contribution in [0, 0.1) is 0 Å². The summed E-state index contributed by atoms with van der Waals surface area (Å²) in [6.07, 6.45) is 0. The molecule has 28 heavy (non-hydrogen) atoms. The first-order chi connectivity index (χ1) is 13.6. The van der Waals surface area contributed by atoms with E-state index in [2.05, 4.69) is 31.5 Å². The second kappa shape index (κ2) is 10.0. The van der Waals surface area contributed by atoms with Crippen molar-refractivity contribution in [3.63, 3.8) is 0 Å². The third kappa shape index (κ3) is 5.53. The highest BCUT2D eigenvalue weighted by Crippen LogP contribution is 2.36. The van der Waals surface area contributed by atoms with Gasteiger partial charge in [0, 0.05) is 29.5 Å². The number of ether oxygens (including phenoxy) is 2. The van der Waals surface area contributed by atoms with Gasteiger partial charge in [-0.2, -0.15) is 0 Å². The van der Waals surface area contributed by atoms with E-state index in [1.807, 2.05) is 31.2 Å². The standard InChI is InChI=1S/C20H23BrClN3O3/c1-2-28-20-17(21)11-14(22)12-18(20)23-13-19(26)24-15-3-5-16(6-4-15)25-7-9-27-10-8-25/h3-6,11-12,23H,2,7-10,13H2,1H3,(H,24,26). The summed E-state index contributed by atoms with van der Waals surface area (Å²) in [5.74, 6) is 0.479. The maximum absolute atomic E-state index is 12.3. The molecule has 0 saturated carbocycles. The number of anilines is 3. The van der Waals surface area contributed by atoms with Crippen LogP contribution in [0.5, 0.6) is 5.75 Å². The minimum absolute atomic E-state index is 0.0953. The van der Waals surface area contributed by atoms with Crippen LogP contribution >= 0.6 is 27.5 Å². The van der Waals surface area contributed by atoms with E-state index < -0.39 is 0 Å². The number of halogens is 2. The van der Waals surface area contributed by atoms with Crippen molar-refractivity contribution in [2.45, 2.75) is 6.92 Å². The molecule has 8 heteroatoms. The van der Waals surface area contributed by atoms with Crippen LogP contribution in [0.2, 0.25) is 5.02 Å². The third-order valence-electron chi connectivity index (χ3n) is 4.26. The largest absolute Gasteiger partial charge is 0.491 e. The van der Waals surface area contributed by atoms with Crippen molar-refractivity contribution in [3.8, 4) is 5.75 Å². The fourth-order valence-corrected chi connectivity index (χ4v) is 3.87. The Morgan fingerprint density at radius 2 is 1.96 bits per heavy atom. The molecule has 1 amide bonds. The molecule has 3 rings (SSSR count). The van der Waals surface area contributed by atoms with Crippen molar-refractivity contribution >= 4 is 50.5 Å². The molecule has 1 saturated heterocycles. The number of nitrogens with zero attached hydrogens (tertiary/aromatic N) is 1. The highest BCUT2D eigenvalue weighted by atomic mass is 79.9. The second-order valence-electron chi connectivity index (χ2n) is 6.25. The van der Waals surface area contributed by atoms with Crippen LogP contribution in [0.3, 0.4) is 0 Å². The van der Waals surface area contributed by atoms with Crippen LogP contribution < -0.4 is 20.3 Å². The van der Waals surface area contributed by atoms with Crippen molar-refractivity contribution in [1.29, 1.82) is 0 Å². The van der Waals surface area contributed by atoms with Gasteiger partial charge in [0.1, 0.15) is 0 Å². The Kier molecular flexibility index (Phi) is 7.42. The molecule has 0 radical (unpaired) electrons. The van der Waals surface area contributed by atoms with Crippen LogP contribution in [0.15, 0.2) is 40.9 Å². The van der Waals surface area contributed by atoms with Gasteiger partial charge in [-0.1, -0.05) is 11.6 Å². The summed E-state index contributed by atoms with van der Waals surface area (Å²) in [7, 11) is 0. The van der Waals surface area contributed by atoms with Gasteiger partial charge in [-0.25, -0.2) is 0 Å². The molecule has 0 unspecified atom stereocenters. The van der Waals surface area contributed by atoms with Gasteiger partial charge >= 0.3 is 0 Å². The summed E-state index contributed by atoms with van der Waals surface area (Å²) in [5, 5.41) is 6.53. The summed E-state index contributed by atoms with van der Waals surface area (Å²) in [6, 6.07) is 11.3. The summed E-state index contributed by atoms with van der Waals surface area (Å²) < 4.78 is 11.7. The van der Waals surface area contributed by atoms with Crippen molar-refractivity contribution < 1.29 is 14.3 Å². The number of carbonyl (C=O) groups excluding carboxylic acids is 1. The Labute approximate surface area is 178 Å². The first kappa shape index (κ1) is 20.8. The molecule has 0 aromatic heterocycles. The molecule has 0 aliphatic carbocycles. The lowest BCUT2D eigenvalue weighted by molar-refractivity contribution is -0.114. The van der Waals surface area contributed by atoms with Gasteiger partial charge in [-0.05, 0) is 59.3 Å². The first-order valence-corrected chi connectivity index (χ1v) is 10.3. The van der Waals surface area contributed by atoms with Crippen molar-refractivity contribution in [3.05, 3.63) is 45.9 Å². The molecule has 0 spiro atoms. The molecule has 0 bridgehead atoms. The van der Waals surface area contributed by atoms with E-state index in [9.17, 15) is 4.79 Å². The number of hydrogen-bond donors (Lipinski definition) is 2. The number of benzene rings is 2. The fourth-order valence-electron chi connectivity index (χ4n) is 2.94. The summed E-state index contributed by atoms with van der Waals surface area (Å²) in [6.45, 7) is 5.76. The Morgan fingerprint density at radius 1 is 1.25 bits per heavy atom. The number of amides is 1. The van der Waals surface area contributed by atoms with E-state index in [1.54, 1.807) is 12.1 Å². The molecule has 2 N–H and O–H groups in total. The van der Waals surface area contributed by atoms with Gasteiger partial charge in [0.15, 0.2) is 5.75 Å². The van der Waals surface area contributed by atoms with Crippen molar-refractivity contribution in [2.24, 2.45) is 0 Å². The normalized spacial score (nSPS) is 13.9. The zero-order chi connectivity index (χ0) is 19.9. The molecule has 1 heterocycles. The minimum atomic E-state index is -0.155. The third-order valence-corrected chi connectivity index (χ3v) is 5.07. The smallest absolute Gasteiger partial charge is 0.243 e. The number of morpholine rings is 1. The monoisotopic (exact) mass is 467 g/mol. The highest BCUT2D eigenvalue weighted by Gasteiger charge is 2.13. The molecule has 150 valence electrons. The Morgan fingerprint density at radius 3 is 2.64 bits per heavy atom. The van der Waals surface area contributed by atoms with Gasteiger partial charge in [0.25, 0.3) is 0 Å². The van der Waals surface area contributed by atoms with Crippen LogP contribution in [0.1, 0.15) is 6.92 Å². The van der Waals surface area contributed by atoms with Crippen LogP contribution in [-0.4, -0.2) is 45.4 Å². The number of hydrogen-bond acceptors (Lipinski definition) is 5. The zero-order valence-corrected chi connectivity index (χ0v) is 18.0. The molecule has 1 aliphatic heterocycles. The molecule has 1 fully saturated rings. The maximum atomic E-state index is 12.3. The second-order valence-corrected chi connectivity index (χ2v) is 7.54. The molecule has 0 atom stereocenters. The number of nitrogens with one attached hydrogen (secondary N) is 2. The van der Waals surface area contributed by atoms with Crippen LogP contribution in [-0.2, 0) is 9.53 Å². The van der Waals surface area contributed by atoms with E-state index >= 15 is 0 Å². The highest BCUT2D eigenvalue weighted by molar-refractivity contribution is 9.10. The fraction of sp³-hybridized carbons (Fsp3) is 0.350. The SMILES string of the molecule is CCOc1c(Br)cc(Cl)cc1NCC(=O)Nc1ccc(N2CCOCC2)cc1. The molecule has 2 aromatic carbocycles. The zero-order valence-electron chi connectivity index (χ0n) is 15.6. The topological polar surface area (TPSA) is 62.8 Å². The average molecular weight is 469 g/mol. The van der Waals surface area contributed by atoms with Crippen LogP contribution in [0.4, 0.5) is 17.1 Å². The first-order valence-electron chi connectivity index (χ1n) is 9.15. The quantitative estimate of drug-likeness (QED) is 0.631. The summed E-state index contributed by atoms with van der Waals surface area (Å²) in [5.41, 5.74) is 2.55. The van der Waals surface area contributed by atoms with E-state index in [0.29, 0.717) is 23.1 Å². The molecular formula is C20H23BrClN3O3. The van der Waals surface area contributed by atoms with Gasteiger partial charge in [-0.15, -0.1) is 0 Å². The Bertz CT molecular complexity index is 811. The number of rotatable bonds is 7. The van der Waals surface area contributed by atoms with E-state index in [1.165, 1.54) is 0 Å². The Hall–Kier alpha value is -1.96. The summed E-state index contributed by atoms with van der Waals surface area (Å²) >= 11 is 9.55. The number of carbonyl (C=O) groups is 1. The average Bonchev–Trinajstić information content (AvgIpc) is 2.70. The Balaban J connectivity index is 1.57. The predicted molar refractivity (Wildman–Crippen MR) is 117 cm³/mol. The predicted octanol–water partition coefficient (Wildman–Crippen LogP) is 4.39. The van der Waals surface area contributed by atoms with E-state index in [0.717, 1.165) is 42.2 Å². The lowest BCUT2D eigenvalue weighted by atomic mass is 10.2. The maximum Gasteiger partial charge on any atom is 0.243 e. The molecular weight excluding hydrogens is 446 g/mol. The minimum Gasteiger partial charge on any atom is -0.491 e. The van der Waals surface area contributed by atoms with Crippen molar-refractivity contribution in [1.82, 2.24) is 0 Å². The molecule has 6 nitrogen and oxygen atoms in total. The van der Waals surface area contributed by atoms with E-state index in [4.69, 9.17) is 21.1 Å². The van der Waals surface area contributed by atoms with E-state index in [-0.39, 0.29) is 12.5 Å². The lowest BCUT2D eigenvalue weighted by Gasteiger charge is -2.28. The lowest BCUT2D eigenvalue weighted by Crippen LogP contribution is -2.36. The van der Waals surface area contributed by atoms with Gasteiger partial charge < -0.3 is 25.0 Å². The van der Waals surface area contributed by atoms with Gasteiger partial charge in [0.2, 0.25) is 5.91 Å². The van der Waals surface area contributed by atoms with Crippen molar-refractivity contribution in [2.75, 3.05) is 55.0 Å². The molecule has 1 aliphatic rings. The van der Waals surface area contributed by atoms with Gasteiger partial charge in [0.05, 0.1) is 36.5 Å². The van der Waals surface area contributed by atoms with Gasteiger partial charge in [-0.3, -0.25) is 4.79 Å².